The van der Waals surface area contributed by atoms with Gasteiger partial charge in [0.05, 0.1) is 6.10 Å². The third kappa shape index (κ3) is 3.83. The molecular weight excluding hydrogens is 250 g/mol. The number of amides is 1. The second kappa shape index (κ2) is 5.96. The van der Waals surface area contributed by atoms with Crippen molar-refractivity contribution in [3.8, 4) is 0 Å². The fourth-order valence-electron chi connectivity index (χ4n) is 2.58. The largest absolute Gasteiger partial charge is 0.388 e. The highest BCUT2D eigenvalue weighted by molar-refractivity contribution is 5.94. The Bertz CT molecular complexity index is 488. The summed E-state index contributed by atoms with van der Waals surface area (Å²) in [5.74, 6) is -0.0166. The van der Waals surface area contributed by atoms with E-state index in [1.807, 2.05) is 18.2 Å². The highest BCUT2D eigenvalue weighted by Crippen LogP contribution is 2.30. The van der Waals surface area contributed by atoms with Crippen LogP contribution in [0.15, 0.2) is 18.2 Å². The molecule has 0 heterocycles. The monoisotopic (exact) mass is 275 g/mol. The van der Waals surface area contributed by atoms with E-state index in [2.05, 4.69) is 26.1 Å². The zero-order valence-electron chi connectivity index (χ0n) is 12.7. The molecule has 0 spiro atoms. The Balaban J connectivity index is 2.01. The van der Waals surface area contributed by atoms with Crippen LogP contribution in [-0.4, -0.2) is 17.6 Å². The summed E-state index contributed by atoms with van der Waals surface area (Å²) >= 11 is 0. The molecule has 20 heavy (non-hydrogen) atoms. The highest BCUT2D eigenvalue weighted by Gasteiger charge is 2.19. The van der Waals surface area contributed by atoms with Gasteiger partial charge < -0.3 is 10.4 Å². The van der Waals surface area contributed by atoms with E-state index in [1.54, 1.807) is 0 Å². The Labute approximate surface area is 121 Å². The molecule has 0 aliphatic heterocycles. The molecule has 110 valence electrons. The van der Waals surface area contributed by atoms with Gasteiger partial charge in [-0.05, 0) is 54.4 Å². The Kier molecular flexibility index (Phi) is 4.48. The standard InChI is InChI=1S/C17H25NO2/c1-17(2,3)9-10-18-16(20)13-7-8-14-12(11-13)5-4-6-15(14)19/h7-8,11,15,19H,4-6,9-10H2,1-3H3,(H,18,20). The van der Waals surface area contributed by atoms with Crippen LogP contribution in [0.3, 0.4) is 0 Å². The minimum atomic E-state index is -0.364. The Morgan fingerprint density at radius 1 is 1.40 bits per heavy atom. The summed E-state index contributed by atoms with van der Waals surface area (Å²) in [4.78, 5) is 12.1. The van der Waals surface area contributed by atoms with Crippen LogP contribution < -0.4 is 5.32 Å². The zero-order valence-corrected chi connectivity index (χ0v) is 12.7. The number of benzene rings is 1. The summed E-state index contributed by atoms with van der Waals surface area (Å²) in [6.07, 6.45) is 3.36. The van der Waals surface area contributed by atoms with E-state index in [0.29, 0.717) is 12.1 Å². The molecule has 0 radical (unpaired) electrons. The van der Waals surface area contributed by atoms with Gasteiger partial charge in [-0.2, -0.15) is 0 Å². The number of nitrogens with one attached hydrogen (secondary N) is 1. The molecule has 3 heteroatoms. The van der Waals surface area contributed by atoms with Crippen LogP contribution in [0.2, 0.25) is 0 Å². The van der Waals surface area contributed by atoms with Crippen LogP contribution in [0, 0.1) is 5.41 Å². The normalized spacial score (nSPS) is 18.5. The average Bonchev–Trinajstić information content (AvgIpc) is 2.37. The van der Waals surface area contributed by atoms with Crippen LogP contribution in [0.25, 0.3) is 0 Å². The lowest BCUT2D eigenvalue weighted by atomic mass is 9.88. The van der Waals surface area contributed by atoms with Crippen LogP contribution >= 0.6 is 0 Å². The van der Waals surface area contributed by atoms with Gasteiger partial charge in [0.1, 0.15) is 0 Å². The van der Waals surface area contributed by atoms with Crippen LogP contribution in [-0.2, 0) is 6.42 Å². The Morgan fingerprint density at radius 2 is 2.15 bits per heavy atom. The second-order valence-corrected chi connectivity index (χ2v) is 6.89. The Hall–Kier alpha value is -1.35. The fourth-order valence-corrected chi connectivity index (χ4v) is 2.58. The van der Waals surface area contributed by atoms with Crippen molar-refractivity contribution in [3.63, 3.8) is 0 Å². The molecule has 1 aliphatic rings. The van der Waals surface area contributed by atoms with Crippen LogP contribution in [0.5, 0.6) is 0 Å². The number of aliphatic hydroxyl groups excluding tert-OH is 1. The molecule has 0 aromatic heterocycles. The van der Waals surface area contributed by atoms with E-state index in [4.69, 9.17) is 0 Å². The minimum absolute atomic E-state index is 0.0166. The van der Waals surface area contributed by atoms with Crippen molar-refractivity contribution in [2.24, 2.45) is 5.41 Å². The van der Waals surface area contributed by atoms with E-state index >= 15 is 0 Å². The maximum Gasteiger partial charge on any atom is 0.251 e. The average molecular weight is 275 g/mol. The van der Waals surface area contributed by atoms with Crippen LogP contribution in [0.4, 0.5) is 0 Å². The maximum absolute atomic E-state index is 12.1. The highest BCUT2D eigenvalue weighted by atomic mass is 16.3. The van der Waals surface area contributed by atoms with E-state index in [-0.39, 0.29) is 17.4 Å². The number of aliphatic hydroxyl groups is 1. The van der Waals surface area contributed by atoms with Gasteiger partial charge in [0.2, 0.25) is 0 Å². The SMILES string of the molecule is CC(C)(C)CCNC(=O)c1ccc2c(c1)CCCC2O. The predicted molar refractivity (Wildman–Crippen MR) is 80.7 cm³/mol. The lowest BCUT2D eigenvalue weighted by Crippen LogP contribution is -2.27. The molecule has 0 saturated carbocycles. The molecule has 0 bridgehead atoms. The van der Waals surface area contributed by atoms with E-state index in [0.717, 1.165) is 36.8 Å². The lowest BCUT2D eigenvalue weighted by Gasteiger charge is -2.22. The molecule has 2 N–H and O–H groups in total. The van der Waals surface area contributed by atoms with Crippen molar-refractivity contribution in [2.75, 3.05) is 6.54 Å². The maximum atomic E-state index is 12.1. The van der Waals surface area contributed by atoms with Crippen molar-refractivity contribution in [1.29, 1.82) is 0 Å². The predicted octanol–water partition coefficient (Wildman–Crippen LogP) is 3.22. The molecule has 1 aromatic carbocycles. The number of rotatable bonds is 3. The van der Waals surface area contributed by atoms with Gasteiger partial charge >= 0.3 is 0 Å². The summed E-state index contributed by atoms with van der Waals surface area (Å²) in [6.45, 7) is 7.19. The van der Waals surface area contributed by atoms with Gasteiger partial charge in [-0.25, -0.2) is 0 Å². The number of aryl methyl sites for hydroxylation is 1. The van der Waals surface area contributed by atoms with E-state index in [1.165, 1.54) is 0 Å². The van der Waals surface area contributed by atoms with Gasteiger partial charge in [-0.15, -0.1) is 0 Å². The third-order valence-corrected chi connectivity index (χ3v) is 3.85. The first kappa shape index (κ1) is 15.0. The number of carbonyl (C=O) groups excluding carboxylic acids is 1. The molecule has 1 aliphatic carbocycles. The minimum Gasteiger partial charge on any atom is -0.388 e. The first-order valence-electron chi connectivity index (χ1n) is 7.46. The lowest BCUT2D eigenvalue weighted by molar-refractivity contribution is 0.0949. The third-order valence-electron chi connectivity index (χ3n) is 3.85. The molecule has 0 fully saturated rings. The van der Waals surface area contributed by atoms with Crippen LogP contribution in [0.1, 0.15) is 67.6 Å². The summed E-state index contributed by atoms with van der Waals surface area (Å²) in [6, 6.07) is 5.65. The molecule has 1 aromatic rings. The molecule has 1 unspecified atom stereocenters. The summed E-state index contributed by atoms with van der Waals surface area (Å²) in [5.41, 5.74) is 3.04. The number of hydrogen-bond donors (Lipinski definition) is 2. The summed E-state index contributed by atoms with van der Waals surface area (Å²) in [7, 11) is 0. The topological polar surface area (TPSA) is 49.3 Å². The molecule has 2 rings (SSSR count). The number of hydrogen-bond acceptors (Lipinski definition) is 2. The smallest absolute Gasteiger partial charge is 0.251 e. The first-order chi connectivity index (χ1) is 9.37. The van der Waals surface area contributed by atoms with Crippen molar-refractivity contribution in [3.05, 3.63) is 34.9 Å². The van der Waals surface area contributed by atoms with E-state index in [9.17, 15) is 9.90 Å². The van der Waals surface area contributed by atoms with Crippen molar-refractivity contribution in [1.82, 2.24) is 5.32 Å². The van der Waals surface area contributed by atoms with Gasteiger partial charge in [0.15, 0.2) is 0 Å². The summed E-state index contributed by atoms with van der Waals surface area (Å²) < 4.78 is 0. The molecular formula is C17H25NO2. The van der Waals surface area contributed by atoms with Gasteiger partial charge in [0.25, 0.3) is 5.91 Å². The quantitative estimate of drug-likeness (QED) is 0.890. The number of carbonyl (C=O) groups is 1. The van der Waals surface area contributed by atoms with Gasteiger partial charge in [-0.3, -0.25) is 4.79 Å². The van der Waals surface area contributed by atoms with E-state index < -0.39 is 0 Å². The second-order valence-electron chi connectivity index (χ2n) is 6.89. The van der Waals surface area contributed by atoms with Crippen molar-refractivity contribution in [2.45, 2.75) is 52.6 Å². The Morgan fingerprint density at radius 3 is 2.85 bits per heavy atom. The molecule has 1 amide bonds. The van der Waals surface area contributed by atoms with Crippen molar-refractivity contribution >= 4 is 5.91 Å². The first-order valence-corrected chi connectivity index (χ1v) is 7.46. The molecule has 0 saturated heterocycles. The van der Waals surface area contributed by atoms with Crippen molar-refractivity contribution < 1.29 is 9.90 Å². The zero-order chi connectivity index (χ0) is 14.8. The molecule has 1 atom stereocenters. The fraction of sp³-hybridized carbons (Fsp3) is 0.588. The van der Waals surface area contributed by atoms with Gasteiger partial charge in [0, 0.05) is 12.1 Å². The number of fused-ring (bicyclic) bond motifs is 1. The van der Waals surface area contributed by atoms with Gasteiger partial charge in [-0.1, -0.05) is 26.8 Å². The molecule has 3 nitrogen and oxygen atoms in total. The summed E-state index contributed by atoms with van der Waals surface area (Å²) in [5, 5.41) is 12.9.